The summed E-state index contributed by atoms with van der Waals surface area (Å²) >= 11 is 4.90. The smallest absolute Gasteiger partial charge is 0.262 e. The van der Waals surface area contributed by atoms with Crippen LogP contribution in [0.3, 0.4) is 0 Å². The molecule has 0 aromatic heterocycles. The molecule has 21 heavy (non-hydrogen) atoms. The number of aryl methyl sites for hydroxylation is 1. The van der Waals surface area contributed by atoms with Crippen molar-refractivity contribution in [2.45, 2.75) is 6.92 Å². The molecule has 0 fully saturated rings. The molecule has 2 aromatic carbocycles. The summed E-state index contributed by atoms with van der Waals surface area (Å²) < 4.78 is 5.43. The van der Waals surface area contributed by atoms with E-state index >= 15 is 0 Å². The highest BCUT2D eigenvalue weighted by atomic mass is 32.1. The first-order valence-electron chi connectivity index (χ1n) is 6.44. The second-order valence-corrected chi connectivity index (χ2v) is 5.04. The minimum atomic E-state index is -0.221. The Labute approximate surface area is 128 Å². The lowest BCUT2D eigenvalue weighted by molar-refractivity contribution is -0.118. The topological polar surface area (TPSA) is 64.3 Å². The summed E-state index contributed by atoms with van der Waals surface area (Å²) in [5, 5.41) is 2.78. The zero-order valence-corrected chi connectivity index (χ0v) is 12.4. The predicted molar refractivity (Wildman–Crippen MR) is 87.6 cm³/mol. The number of benzene rings is 2. The van der Waals surface area contributed by atoms with Crippen molar-refractivity contribution >= 4 is 28.8 Å². The maximum atomic E-state index is 11.8. The van der Waals surface area contributed by atoms with Crippen LogP contribution in [-0.2, 0) is 4.79 Å². The van der Waals surface area contributed by atoms with Crippen LogP contribution in [0.15, 0.2) is 48.5 Å². The fraction of sp³-hybridized carbons (Fsp3) is 0.125. The lowest BCUT2D eigenvalue weighted by atomic mass is 10.2. The fourth-order valence-corrected chi connectivity index (χ4v) is 1.93. The average molecular weight is 300 g/mol. The van der Waals surface area contributed by atoms with Crippen LogP contribution >= 0.6 is 12.2 Å². The molecule has 2 aromatic rings. The van der Waals surface area contributed by atoms with Crippen LogP contribution in [0.5, 0.6) is 5.75 Å². The van der Waals surface area contributed by atoms with Crippen LogP contribution in [0.4, 0.5) is 5.69 Å². The van der Waals surface area contributed by atoms with Crippen molar-refractivity contribution < 1.29 is 9.53 Å². The molecule has 0 radical (unpaired) electrons. The number of anilines is 1. The van der Waals surface area contributed by atoms with Crippen LogP contribution in [0.25, 0.3) is 0 Å². The second kappa shape index (κ2) is 6.85. The zero-order chi connectivity index (χ0) is 15.2. The first kappa shape index (κ1) is 15.0. The van der Waals surface area contributed by atoms with E-state index in [0.717, 1.165) is 11.3 Å². The molecular formula is C16H16N2O2S. The van der Waals surface area contributed by atoms with E-state index in [1.165, 1.54) is 0 Å². The number of hydrogen-bond donors (Lipinski definition) is 2. The van der Waals surface area contributed by atoms with E-state index in [1.807, 2.05) is 31.2 Å². The van der Waals surface area contributed by atoms with Crippen molar-refractivity contribution in [2.24, 2.45) is 5.73 Å². The monoisotopic (exact) mass is 300 g/mol. The van der Waals surface area contributed by atoms with Gasteiger partial charge in [0, 0.05) is 11.3 Å². The van der Waals surface area contributed by atoms with Crippen LogP contribution in [0.1, 0.15) is 11.1 Å². The number of rotatable bonds is 5. The van der Waals surface area contributed by atoms with Gasteiger partial charge in [-0.25, -0.2) is 0 Å². The molecule has 0 unspecified atom stereocenters. The van der Waals surface area contributed by atoms with Gasteiger partial charge < -0.3 is 15.8 Å². The zero-order valence-electron chi connectivity index (χ0n) is 11.6. The van der Waals surface area contributed by atoms with Gasteiger partial charge in [0.25, 0.3) is 5.91 Å². The highest BCUT2D eigenvalue weighted by Gasteiger charge is 2.05. The Morgan fingerprint density at radius 3 is 2.71 bits per heavy atom. The molecule has 108 valence electrons. The van der Waals surface area contributed by atoms with E-state index in [-0.39, 0.29) is 12.5 Å². The molecule has 0 aliphatic carbocycles. The number of hydrogen-bond acceptors (Lipinski definition) is 3. The summed E-state index contributed by atoms with van der Waals surface area (Å²) in [6.45, 7) is 1.89. The summed E-state index contributed by atoms with van der Waals surface area (Å²) in [7, 11) is 0. The van der Waals surface area contributed by atoms with E-state index < -0.39 is 0 Å². The van der Waals surface area contributed by atoms with Crippen LogP contribution < -0.4 is 15.8 Å². The van der Waals surface area contributed by atoms with Gasteiger partial charge in [0.15, 0.2) is 6.61 Å². The molecule has 0 aliphatic heterocycles. The van der Waals surface area contributed by atoms with Crippen LogP contribution in [-0.4, -0.2) is 17.5 Å². The van der Waals surface area contributed by atoms with E-state index in [0.29, 0.717) is 16.3 Å². The Morgan fingerprint density at radius 2 is 2.00 bits per heavy atom. The highest BCUT2D eigenvalue weighted by molar-refractivity contribution is 7.80. The normalized spacial score (nSPS) is 9.95. The lowest BCUT2D eigenvalue weighted by Gasteiger charge is -2.09. The van der Waals surface area contributed by atoms with Gasteiger partial charge in [-0.15, -0.1) is 0 Å². The minimum absolute atomic E-state index is 0.0747. The van der Waals surface area contributed by atoms with E-state index in [2.05, 4.69) is 5.32 Å². The van der Waals surface area contributed by atoms with Gasteiger partial charge in [-0.2, -0.15) is 0 Å². The summed E-state index contributed by atoms with van der Waals surface area (Å²) in [4.78, 5) is 12.1. The molecule has 3 N–H and O–H groups in total. The Balaban J connectivity index is 1.92. The summed E-state index contributed by atoms with van der Waals surface area (Å²) in [6.07, 6.45) is 0. The molecule has 0 saturated carbocycles. The highest BCUT2D eigenvalue weighted by Crippen LogP contribution is 2.14. The standard InChI is InChI=1S/C16H16N2O2S/c1-11-4-2-6-13(8-11)18-15(19)10-20-14-7-3-5-12(9-14)16(17)21/h2-9H,10H2,1H3,(H2,17,21)(H,18,19). The van der Waals surface area contributed by atoms with Gasteiger partial charge >= 0.3 is 0 Å². The van der Waals surface area contributed by atoms with Gasteiger partial charge in [-0.1, -0.05) is 36.5 Å². The molecule has 0 atom stereocenters. The molecule has 0 saturated heterocycles. The Morgan fingerprint density at radius 1 is 1.24 bits per heavy atom. The Hall–Kier alpha value is -2.40. The van der Waals surface area contributed by atoms with Gasteiger partial charge in [0.05, 0.1) is 0 Å². The van der Waals surface area contributed by atoms with E-state index in [1.54, 1.807) is 24.3 Å². The number of ether oxygens (including phenoxy) is 1. The number of thiocarbonyl (C=S) groups is 1. The molecule has 0 bridgehead atoms. The average Bonchev–Trinajstić information content (AvgIpc) is 2.45. The van der Waals surface area contributed by atoms with Crippen molar-refractivity contribution in [3.8, 4) is 5.75 Å². The van der Waals surface area contributed by atoms with Crippen molar-refractivity contribution in [2.75, 3.05) is 11.9 Å². The van der Waals surface area contributed by atoms with Crippen molar-refractivity contribution in [1.82, 2.24) is 0 Å². The predicted octanol–water partition coefficient (Wildman–Crippen LogP) is 2.65. The molecular weight excluding hydrogens is 284 g/mol. The van der Waals surface area contributed by atoms with Crippen LogP contribution in [0.2, 0.25) is 0 Å². The Kier molecular flexibility index (Phi) is 4.90. The quantitative estimate of drug-likeness (QED) is 0.833. The number of nitrogens with two attached hydrogens (primary N) is 1. The fourth-order valence-electron chi connectivity index (χ4n) is 1.81. The molecule has 0 spiro atoms. The maximum Gasteiger partial charge on any atom is 0.262 e. The Bertz CT molecular complexity index is 671. The molecule has 0 aliphatic rings. The van der Waals surface area contributed by atoms with E-state index in [9.17, 15) is 4.79 Å². The van der Waals surface area contributed by atoms with Crippen LogP contribution in [0, 0.1) is 6.92 Å². The molecule has 5 heteroatoms. The third kappa shape index (κ3) is 4.57. The molecule has 1 amide bonds. The number of amides is 1. The lowest BCUT2D eigenvalue weighted by Crippen LogP contribution is -2.20. The largest absolute Gasteiger partial charge is 0.484 e. The van der Waals surface area contributed by atoms with Gasteiger partial charge in [0.2, 0.25) is 0 Å². The van der Waals surface area contributed by atoms with Gasteiger partial charge in [0.1, 0.15) is 10.7 Å². The SMILES string of the molecule is Cc1cccc(NC(=O)COc2cccc(C(N)=S)c2)c1. The molecule has 0 heterocycles. The number of carbonyl (C=O) groups is 1. The summed E-state index contributed by atoms with van der Waals surface area (Å²) in [6, 6.07) is 14.6. The van der Waals surface area contributed by atoms with Gasteiger partial charge in [-0.3, -0.25) is 4.79 Å². The second-order valence-electron chi connectivity index (χ2n) is 4.60. The number of nitrogens with one attached hydrogen (secondary N) is 1. The number of carbonyl (C=O) groups excluding carboxylic acids is 1. The minimum Gasteiger partial charge on any atom is -0.484 e. The first-order chi connectivity index (χ1) is 10.0. The molecule has 4 nitrogen and oxygen atoms in total. The van der Waals surface area contributed by atoms with Crippen molar-refractivity contribution in [1.29, 1.82) is 0 Å². The summed E-state index contributed by atoms with van der Waals surface area (Å²) in [5.74, 6) is 0.334. The van der Waals surface area contributed by atoms with Crippen molar-refractivity contribution in [3.05, 3.63) is 59.7 Å². The first-order valence-corrected chi connectivity index (χ1v) is 6.84. The van der Waals surface area contributed by atoms with Crippen molar-refractivity contribution in [3.63, 3.8) is 0 Å². The third-order valence-electron chi connectivity index (χ3n) is 2.79. The molecule has 2 rings (SSSR count). The third-order valence-corrected chi connectivity index (χ3v) is 3.03. The van der Waals surface area contributed by atoms with E-state index in [4.69, 9.17) is 22.7 Å². The maximum absolute atomic E-state index is 11.8. The van der Waals surface area contributed by atoms with Gasteiger partial charge in [-0.05, 0) is 36.8 Å². The summed E-state index contributed by atoms with van der Waals surface area (Å²) in [5.41, 5.74) is 8.09.